The molecule has 0 aliphatic rings. The normalized spacial score (nSPS) is 12.2. The van der Waals surface area contributed by atoms with Crippen LogP contribution < -0.4 is 9.62 Å². The maximum atomic E-state index is 12.7. The van der Waals surface area contributed by atoms with Crippen LogP contribution in [0, 0.1) is 0 Å². The molecule has 2 aromatic rings. The van der Waals surface area contributed by atoms with Crippen molar-refractivity contribution in [1.82, 2.24) is 14.7 Å². The summed E-state index contributed by atoms with van der Waals surface area (Å²) < 4.78 is 28.0. The molecule has 1 aromatic carbocycles. The van der Waals surface area contributed by atoms with E-state index >= 15 is 0 Å². The summed E-state index contributed by atoms with van der Waals surface area (Å²) in [4.78, 5) is 10.7. The molecule has 1 aromatic heterocycles. The van der Waals surface area contributed by atoms with Crippen LogP contribution in [0.5, 0.6) is 0 Å². The number of benzene rings is 1. The molecule has 1 heterocycles. The summed E-state index contributed by atoms with van der Waals surface area (Å²) in [6.07, 6.45) is 1.62. The van der Waals surface area contributed by atoms with Gasteiger partial charge in [-0.15, -0.1) is 0 Å². The van der Waals surface area contributed by atoms with Crippen LogP contribution in [0.25, 0.3) is 11.4 Å². The maximum absolute atomic E-state index is 12.7. The van der Waals surface area contributed by atoms with Crippen LogP contribution in [-0.2, 0) is 10.0 Å². The summed E-state index contributed by atoms with van der Waals surface area (Å²) in [6.45, 7) is 5.41. The average Bonchev–Trinajstić information content (AvgIpc) is 2.45. The molecule has 0 amide bonds. The van der Waals surface area contributed by atoms with Gasteiger partial charge < -0.3 is 4.90 Å². The number of nitrogens with one attached hydrogen (secondary N) is 1. The van der Waals surface area contributed by atoms with Crippen molar-refractivity contribution in [3.05, 3.63) is 36.5 Å². The fourth-order valence-corrected chi connectivity index (χ4v) is 3.69. The smallest absolute Gasteiger partial charge is 0.241 e. The van der Waals surface area contributed by atoms with E-state index in [0.29, 0.717) is 17.2 Å². The Morgan fingerprint density at radius 1 is 1.09 bits per heavy atom. The minimum Gasteiger partial charge on any atom is -0.363 e. The third-order valence-electron chi connectivity index (χ3n) is 2.96. The van der Waals surface area contributed by atoms with Gasteiger partial charge in [-0.05, 0) is 39.0 Å². The standard InChI is InChI=1S/C16H22N4O2S/c1-16(2,3)19-23(21,22)13-9-7-6-8-12(13)15-17-11-10-14(18-15)20(4)5/h6-11,19H,1-5H3. The first kappa shape index (κ1) is 17.4. The zero-order valence-electron chi connectivity index (χ0n) is 14.0. The monoisotopic (exact) mass is 334 g/mol. The van der Waals surface area contributed by atoms with E-state index in [-0.39, 0.29) is 4.90 Å². The van der Waals surface area contributed by atoms with Gasteiger partial charge in [0.05, 0.1) is 4.90 Å². The van der Waals surface area contributed by atoms with Gasteiger partial charge in [0.15, 0.2) is 5.82 Å². The second-order valence-corrected chi connectivity index (χ2v) is 8.14. The zero-order valence-corrected chi connectivity index (χ0v) is 14.8. The molecule has 23 heavy (non-hydrogen) atoms. The fraction of sp³-hybridized carbons (Fsp3) is 0.375. The number of hydrogen-bond acceptors (Lipinski definition) is 5. The molecule has 2 rings (SSSR count). The molecule has 0 radical (unpaired) electrons. The van der Waals surface area contributed by atoms with Crippen molar-refractivity contribution in [3.8, 4) is 11.4 Å². The van der Waals surface area contributed by atoms with Gasteiger partial charge in [0.25, 0.3) is 0 Å². The Balaban J connectivity index is 2.57. The van der Waals surface area contributed by atoms with E-state index in [9.17, 15) is 8.42 Å². The molecular formula is C16H22N4O2S. The van der Waals surface area contributed by atoms with Crippen LogP contribution in [-0.4, -0.2) is 38.0 Å². The van der Waals surface area contributed by atoms with Gasteiger partial charge in [-0.1, -0.05) is 12.1 Å². The van der Waals surface area contributed by atoms with Crippen molar-refractivity contribution < 1.29 is 8.42 Å². The largest absolute Gasteiger partial charge is 0.363 e. The van der Waals surface area contributed by atoms with Crippen LogP contribution in [0.15, 0.2) is 41.4 Å². The van der Waals surface area contributed by atoms with E-state index in [0.717, 1.165) is 0 Å². The van der Waals surface area contributed by atoms with Gasteiger partial charge in [0, 0.05) is 31.4 Å². The third kappa shape index (κ3) is 4.27. The highest BCUT2D eigenvalue weighted by Gasteiger charge is 2.25. The second-order valence-electron chi connectivity index (χ2n) is 6.48. The first-order valence-corrected chi connectivity index (χ1v) is 8.72. The zero-order chi connectivity index (χ0) is 17.3. The summed E-state index contributed by atoms with van der Waals surface area (Å²) in [5, 5.41) is 0. The minimum absolute atomic E-state index is 0.172. The molecular weight excluding hydrogens is 312 g/mol. The molecule has 0 aliphatic heterocycles. The van der Waals surface area contributed by atoms with Gasteiger partial charge in [0.1, 0.15) is 5.82 Å². The van der Waals surface area contributed by atoms with Gasteiger partial charge in [0.2, 0.25) is 10.0 Å². The van der Waals surface area contributed by atoms with E-state index in [1.807, 2.05) is 19.0 Å². The van der Waals surface area contributed by atoms with Crippen molar-refractivity contribution >= 4 is 15.8 Å². The van der Waals surface area contributed by atoms with Crippen molar-refractivity contribution in [2.24, 2.45) is 0 Å². The van der Waals surface area contributed by atoms with Crippen molar-refractivity contribution in [2.75, 3.05) is 19.0 Å². The van der Waals surface area contributed by atoms with Crippen LogP contribution in [0.1, 0.15) is 20.8 Å². The summed E-state index contributed by atoms with van der Waals surface area (Å²) in [5.41, 5.74) is -0.0916. The predicted molar refractivity (Wildman–Crippen MR) is 91.9 cm³/mol. The molecule has 124 valence electrons. The Morgan fingerprint density at radius 3 is 2.35 bits per heavy atom. The molecule has 0 bridgehead atoms. The average molecular weight is 334 g/mol. The molecule has 0 fully saturated rings. The minimum atomic E-state index is -3.67. The van der Waals surface area contributed by atoms with E-state index in [1.165, 1.54) is 0 Å². The number of nitrogens with zero attached hydrogens (tertiary/aromatic N) is 3. The summed E-state index contributed by atoms with van der Waals surface area (Å²) >= 11 is 0. The van der Waals surface area contributed by atoms with Gasteiger partial charge in [-0.2, -0.15) is 0 Å². The van der Waals surface area contributed by atoms with Crippen LogP contribution in [0.3, 0.4) is 0 Å². The van der Waals surface area contributed by atoms with Gasteiger partial charge in [-0.25, -0.2) is 23.1 Å². The Hall–Kier alpha value is -1.99. The molecule has 0 aliphatic carbocycles. The number of hydrogen-bond donors (Lipinski definition) is 1. The number of aromatic nitrogens is 2. The van der Waals surface area contributed by atoms with Crippen LogP contribution in [0.4, 0.5) is 5.82 Å². The van der Waals surface area contributed by atoms with Crippen LogP contribution >= 0.6 is 0 Å². The maximum Gasteiger partial charge on any atom is 0.241 e. The number of rotatable bonds is 4. The lowest BCUT2D eigenvalue weighted by molar-refractivity contribution is 0.491. The topological polar surface area (TPSA) is 75.2 Å². The molecule has 7 heteroatoms. The van der Waals surface area contributed by atoms with E-state index < -0.39 is 15.6 Å². The number of sulfonamides is 1. The molecule has 1 N–H and O–H groups in total. The lowest BCUT2D eigenvalue weighted by Crippen LogP contribution is -2.40. The SMILES string of the molecule is CN(C)c1ccnc(-c2ccccc2S(=O)(=O)NC(C)(C)C)n1. The van der Waals surface area contributed by atoms with Crippen LogP contribution in [0.2, 0.25) is 0 Å². The molecule has 0 saturated heterocycles. The Morgan fingerprint density at radius 2 is 1.74 bits per heavy atom. The van der Waals surface area contributed by atoms with Gasteiger partial charge >= 0.3 is 0 Å². The van der Waals surface area contributed by atoms with Crippen molar-refractivity contribution in [3.63, 3.8) is 0 Å². The molecule has 0 atom stereocenters. The lowest BCUT2D eigenvalue weighted by atomic mass is 10.1. The van der Waals surface area contributed by atoms with E-state index in [1.54, 1.807) is 57.3 Å². The Bertz CT molecular complexity index is 796. The summed E-state index contributed by atoms with van der Waals surface area (Å²) in [6, 6.07) is 8.52. The molecule has 0 saturated carbocycles. The predicted octanol–water partition coefficient (Wildman–Crippen LogP) is 2.29. The Labute approximate surface area is 137 Å². The Kier molecular flexibility index (Phi) is 4.72. The van der Waals surface area contributed by atoms with E-state index in [4.69, 9.17) is 0 Å². The highest BCUT2D eigenvalue weighted by atomic mass is 32.2. The first-order chi connectivity index (χ1) is 10.6. The molecule has 0 unspecified atom stereocenters. The second kappa shape index (κ2) is 6.25. The summed E-state index contributed by atoms with van der Waals surface area (Å²) in [5.74, 6) is 1.09. The third-order valence-corrected chi connectivity index (χ3v) is 4.77. The first-order valence-electron chi connectivity index (χ1n) is 7.24. The van der Waals surface area contributed by atoms with Crippen molar-refractivity contribution in [2.45, 2.75) is 31.2 Å². The number of anilines is 1. The fourth-order valence-electron chi connectivity index (χ4n) is 2.07. The highest BCUT2D eigenvalue weighted by molar-refractivity contribution is 7.89. The summed E-state index contributed by atoms with van der Waals surface area (Å²) in [7, 11) is 0.0684. The van der Waals surface area contributed by atoms with Gasteiger partial charge in [-0.3, -0.25) is 0 Å². The van der Waals surface area contributed by atoms with E-state index in [2.05, 4.69) is 14.7 Å². The highest BCUT2D eigenvalue weighted by Crippen LogP contribution is 2.26. The lowest BCUT2D eigenvalue weighted by Gasteiger charge is -2.21. The molecule has 0 spiro atoms. The quantitative estimate of drug-likeness (QED) is 0.928. The van der Waals surface area contributed by atoms with Crippen molar-refractivity contribution in [1.29, 1.82) is 0 Å². The molecule has 6 nitrogen and oxygen atoms in total.